The van der Waals surface area contributed by atoms with Crippen molar-refractivity contribution in [3.8, 4) is 0 Å². The van der Waals surface area contributed by atoms with Gasteiger partial charge in [0.05, 0.1) is 29.4 Å². The second-order valence-electron chi connectivity index (χ2n) is 5.93. The molecule has 28 heavy (non-hydrogen) atoms. The van der Waals surface area contributed by atoms with Gasteiger partial charge in [-0.05, 0) is 77.0 Å². The molecule has 2 aromatic carbocycles. The van der Waals surface area contributed by atoms with Crippen LogP contribution in [-0.4, -0.2) is 27.5 Å². The van der Waals surface area contributed by atoms with Crippen molar-refractivity contribution in [1.82, 2.24) is 9.78 Å². The van der Waals surface area contributed by atoms with Crippen LogP contribution in [0.5, 0.6) is 0 Å². The molecule has 8 heteroatoms. The van der Waals surface area contributed by atoms with Gasteiger partial charge in [-0.3, -0.25) is 4.68 Å². The van der Waals surface area contributed by atoms with Gasteiger partial charge in [-0.15, -0.1) is 0 Å². The van der Waals surface area contributed by atoms with E-state index in [4.69, 9.17) is 17.0 Å². The van der Waals surface area contributed by atoms with Gasteiger partial charge in [-0.2, -0.15) is 5.10 Å². The van der Waals surface area contributed by atoms with Crippen LogP contribution in [0.4, 0.5) is 11.4 Å². The number of carbonyl (C=O) groups is 1. The lowest BCUT2D eigenvalue weighted by Crippen LogP contribution is -2.19. The maximum Gasteiger partial charge on any atom is 0.338 e. The van der Waals surface area contributed by atoms with Gasteiger partial charge in [0.25, 0.3) is 0 Å². The molecule has 0 radical (unpaired) electrons. The molecule has 144 valence electrons. The first-order valence-corrected chi connectivity index (χ1v) is 9.85. The third-order valence-corrected chi connectivity index (χ3v) is 4.40. The van der Waals surface area contributed by atoms with E-state index in [1.807, 2.05) is 35.1 Å². The summed E-state index contributed by atoms with van der Waals surface area (Å²) in [5.74, 6) is -0.337. The minimum Gasteiger partial charge on any atom is -0.462 e. The molecule has 2 N–H and O–H groups in total. The number of carbonyl (C=O) groups excluding carboxylic acids is 1. The number of hydrogen-bond donors (Lipinski definition) is 2. The summed E-state index contributed by atoms with van der Waals surface area (Å²) in [7, 11) is 0. The Kier molecular flexibility index (Phi) is 6.78. The molecule has 0 unspecified atom stereocenters. The maximum absolute atomic E-state index is 11.7. The third kappa shape index (κ3) is 5.64. The zero-order chi connectivity index (χ0) is 19.9. The summed E-state index contributed by atoms with van der Waals surface area (Å²) in [4.78, 5) is 11.7. The summed E-state index contributed by atoms with van der Waals surface area (Å²) in [6, 6.07) is 14.9. The molecule has 0 bridgehead atoms. The first-order valence-electron chi connectivity index (χ1n) is 8.65. The standard InChI is InChI=1S/C20H19BrN4O2S/c1-2-27-19(26)15-6-8-17(9-7-15)23-20(28)24-18-5-3-4-14(10-18)12-25-13-16(21)11-22-25/h3-11,13H,2,12H2,1H3,(H2,23,24,28). The van der Waals surface area contributed by atoms with Crippen molar-refractivity contribution in [1.29, 1.82) is 0 Å². The van der Waals surface area contributed by atoms with E-state index in [9.17, 15) is 4.79 Å². The van der Waals surface area contributed by atoms with Gasteiger partial charge in [0.15, 0.2) is 5.11 Å². The summed E-state index contributed by atoms with van der Waals surface area (Å²) in [6.07, 6.45) is 3.68. The molecule has 1 heterocycles. The summed E-state index contributed by atoms with van der Waals surface area (Å²) in [5, 5.41) is 11.0. The van der Waals surface area contributed by atoms with Crippen molar-refractivity contribution in [3.63, 3.8) is 0 Å². The van der Waals surface area contributed by atoms with Crippen molar-refractivity contribution in [2.45, 2.75) is 13.5 Å². The monoisotopic (exact) mass is 458 g/mol. The highest BCUT2D eigenvalue weighted by atomic mass is 79.9. The van der Waals surface area contributed by atoms with Crippen LogP contribution in [0.2, 0.25) is 0 Å². The van der Waals surface area contributed by atoms with Crippen LogP contribution in [0.1, 0.15) is 22.8 Å². The van der Waals surface area contributed by atoms with E-state index in [2.05, 4.69) is 31.7 Å². The number of rotatable bonds is 6. The third-order valence-electron chi connectivity index (χ3n) is 3.79. The Morgan fingerprint density at radius 1 is 1.18 bits per heavy atom. The van der Waals surface area contributed by atoms with E-state index in [1.165, 1.54) is 0 Å². The second kappa shape index (κ2) is 9.48. The molecule has 0 atom stereocenters. The number of ether oxygens (including phenoxy) is 1. The summed E-state index contributed by atoms with van der Waals surface area (Å²) < 4.78 is 7.77. The lowest BCUT2D eigenvalue weighted by atomic mass is 10.2. The topological polar surface area (TPSA) is 68.2 Å². The molecule has 6 nitrogen and oxygen atoms in total. The highest BCUT2D eigenvalue weighted by Gasteiger charge is 2.06. The number of esters is 1. The van der Waals surface area contributed by atoms with Crippen molar-refractivity contribution in [2.24, 2.45) is 0 Å². The van der Waals surface area contributed by atoms with Crippen LogP contribution >= 0.6 is 28.1 Å². The Bertz CT molecular complexity index is 972. The van der Waals surface area contributed by atoms with Crippen LogP contribution in [-0.2, 0) is 11.3 Å². The summed E-state index contributed by atoms with van der Waals surface area (Å²) >= 11 is 8.78. The molecular formula is C20H19BrN4O2S. The Morgan fingerprint density at radius 3 is 2.61 bits per heavy atom. The fourth-order valence-corrected chi connectivity index (χ4v) is 3.12. The molecule has 0 spiro atoms. The minimum atomic E-state index is -0.337. The number of benzene rings is 2. The van der Waals surface area contributed by atoms with Gasteiger partial charge in [-0.25, -0.2) is 4.79 Å². The molecular weight excluding hydrogens is 440 g/mol. The van der Waals surface area contributed by atoms with Crippen LogP contribution < -0.4 is 10.6 Å². The smallest absolute Gasteiger partial charge is 0.338 e. The number of thiocarbonyl (C=S) groups is 1. The normalized spacial score (nSPS) is 10.4. The van der Waals surface area contributed by atoms with Crippen LogP contribution in [0.25, 0.3) is 0 Å². The molecule has 3 rings (SSSR count). The molecule has 0 saturated heterocycles. The molecule has 0 saturated carbocycles. The van der Waals surface area contributed by atoms with Crippen molar-refractivity contribution in [2.75, 3.05) is 17.2 Å². The largest absolute Gasteiger partial charge is 0.462 e. The van der Waals surface area contributed by atoms with Crippen LogP contribution in [0, 0.1) is 0 Å². The minimum absolute atomic E-state index is 0.337. The molecule has 1 aromatic heterocycles. The molecule has 0 aliphatic carbocycles. The van der Waals surface area contributed by atoms with E-state index in [-0.39, 0.29) is 5.97 Å². The van der Waals surface area contributed by atoms with E-state index < -0.39 is 0 Å². The first kappa shape index (κ1) is 20.0. The average Bonchev–Trinajstić information content (AvgIpc) is 3.07. The zero-order valence-electron chi connectivity index (χ0n) is 15.2. The second-order valence-corrected chi connectivity index (χ2v) is 7.26. The molecule has 0 fully saturated rings. The zero-order valence-corrected chi connectivity index (χ0v) is 17.6. The maximum atomic E-state index is 11.7. The Morgan fingerprint density at radius 2 is 1.93 bits per heavy atom. The number of nitrogens with zero attached hydrogens (tertiary/aromatic N) is 2. The fraction of sp³-hybridized carbons (Fsp3) is 0.150. The predicted molar refractivity (Wildman–Crippen MR) is 118 cm³/mol. The molecule has 0 amide bonds. The van der Waals surface area contributed by atoms with Gasteiger partial charge < -0.3 is 15.4 Å². The van der Waals surface area contributed by atoms with E-state index in [0.717, 1.165) is 21.4 Å². The summed E-state index contributed by atoms with van der Waals surface area (Å²) in [5.41, 5.74) is 3.26. The van der Waals surface area contributed by atoms with Crippen LogP contribution in [0.3, 0.4) is 0 Å². The van der Waals surface area contributed by atoms with Crippen molar-refractivity contribution >= 4 is 50.6 Å². The molecule has 3 aromatic rings. The highest BCUT2D eigenvalue weighted by molar-refractivity contribution is 9.10. The first-order chi connectivity index (χ1) is 13.5. The van der Waals surface area contributed by atoms with Gasteiger partial charge in [0, 0.05) is 17.6 Å². The summed E-state index contributed by atoms with van der Waals surface area (Å²) in [6.45, 7) is 2.79. The lowest BCUT2D eigenvalue weighted by Gasteiger charge is -2.12. The van der Waals surface area contributed by atoms with Gasteiger partial charge in [-0.1, -0.05) is 12.1 Å². The van der Waals surface area contributed by atoms with E-state index in [0.29, 0.717) is 23.8 Å². The predicted octanol–water partition coefficient (Wildman–Crippen LogP) is 4.68. The van der Waals surface area contributed by atoms with Crippen molar-refractivity contribution in [3.05, 3.63) is 76.5 Å². The SMILES string of the molecule is CCOC(=O)c1ccc(NC(=S)Nc2cccc(Cn3cc(Br)cn3)c2)cc1. The molecule has 0 aliphatic heterocycles. The van der Waals surface area contributed by atoms with Gasteiger partial charge >= 0.3 is 5.97 Å². The van der Waals surface area contributed by atoms with E-state index >= 15 is 0 Å². The number of hydrogen-bond acceptors (Lipinski definition) is 4. The lowest BCUT2D eigenvalue weighted by molar-refractivity contribution is 0.0526. The van der Waals surface area contributed by atoms with Crippen LogP contribution in [0.15, 0.2) is 65.4 Å². The van der Waals surface area contributed by atoms with Crippen molar-refractivity contribution < 1.29 is 9.53 Å². The fourth-order valence-electron chi connectivity index (χ4n) is 2.56. The Hall–Kier alpha value is -2.71. The number of nitrogens with one attached hydrogen (secondary N) is 2. The highest BCUT2D eigenvalue weighted by Crippen LogP contribution is 2.15. The molecule has 0 aliphatic rings. The van der Waals surface area contributed by atoms with Gasteiger partial charge in [0.2, 0.25) is 0 Å². The van der Waals surface area contributed by atoms with E-state index in [1.54, 1.807) is 37.4 Å². The van der Waals surface area contributed by atoms with Gasteiger partial charge in [0.1, 0.15) is 0 Å². The number of anilines is 2. The quantitative estimate of drug-likeness (QED) is 0.412. The number of halogens is 1. The Balaban J connectivity index is 1.58. The number of aromatic nitrogens is 2. The average molecular weight is 459 g/mol. The Labute approximate surface area is 177 Å².